The van der Waals surface area contributed by atoms with Crippen LogP contribution in [-0.4, -0.2) is 4.98 Å². The summed E-state index contributed by atoms with van der Waals surface area (Å²) in [6, 6.07) is 16.5. The van der Waals surface area contributed by atoms with Crippen LogP contribution in [0.15, 0.2) is 65.5 Å². The van der Waals surface area contributed by atoms with Gasteiger partial charge in [-0.3, -0.25) is 4.79 Å². The van der Waals surface area contributed by atoms with E-state index in [1.807, 2.05) is 31.2 Å². The van der Waals surface area contributed by atoms with E-state index in [9.17, 15) is 13.6 Å². The first-order valence-electron chi connectivity index (χ1n) is 8.79. The monoisotopic (exact) mass is 377 g/mol. The molecule has 3 aromatic carbocycles. The van der Waals surface area contributed by atoms with Crippen molar-refractivity contribution in [1.82, 2.24) is 4.98 Å². The molecule has 1 heterocycles. The van der Waals surface area contributed by atoms with E-state index in [4.69, 9.17) is 4.74 Å². The van der Waals surface area contributed by atoms with Gasteiger partial charge >= 0.3 is 0 Å². The Hall–Kier alpha value is -3.47. The zero-order chi connectivity index (χ0) is 19.8. The van der Waals surface area contributed by atoms with E-state index >= 15 is 0 Å². The molecule has 0 bridgehead atoms. The third-order valence-corrected chi connectivity index (χ3v) is 4.61. The number of aromatic nitrogens is 1. The fraction of sp³-hybridized carbons (Fsp3) is 0.0870. The van der Waals surface area contributed by atoms with Crippen LogP contribution >= 0.6 is 0 Å². The highest BCUT2D eigenvalue weighted by Crippen LogP contribution is 2.27. The number of aryl methyl sites for hydroxylation is 2. The standard InChI is InChI=1S/C23H17F2NO2/c1-13-3-7-17(8-4-13)28-18-9-5-15(6-10-18)21-14(2)26-20-12-16(24)11-19(25)22(20)23(21)27/h3-12H,1-2H3,(H,26,27). The molecular formula is C23H17F2NO2. The summed E-state index contributed by atoms with van der Waals surface area (Å²) in [5.74, 6) is -0.278. The van der Waals surface area contributed by atoms with Crippen LogP contribution in [0.3, 0.4) is 0 Å². The fourth-order valence-electron chi connectivity index (χ4n) is 3.24. The molecule has 0 fully saturated rings. The number of fused-ring (bicyclic) bond motifs is 1. The summed E-state index contributed by atoms with van der Waals surface area (Å²) >= 11 is 0. The number of benzene rings is 3. The van der Waals surface area contributed by atoms with Crippen LogP contribution in [0.25, 0.3) is 22.0 Å². The predicted molar refractivity (Wildman–Crippen MR) is 106 cm³/mol. The van der Waals surface area contributed by atoms with Gasteiger partial charge in [-0.2, -0.15) is 0 Å². The largest absolute Gasteiger partial charge is 0.457 e. The summed E-state index contributed by atoms with van der Waals surface area (Å²) in [6.07, 6.45) is 0. The van der Waals surface area contributed by atoms with Gasteiger partial charge in [-0.25, -0.2) is 8.78 Å². The molecule has 4 rings (SSSR count). The Balaban J connectivity index is 1.74. The molecule has 0 spiro atoms. The second kappa shape index (κ2) is 6.93. The second-order valence-electron chi connectivity index (χ2n) is 6.70. The Morgan fingerprint density at radius 3 is 2.11 bits per heavy atom. The molecule has 1 N–H and O–H groups in total. The average molecular weight is 377 g/mol. The maximum Gasteiger partial charge on any atom is 0.200 e. The lowest BCUT2D eigenvalue weighted by Crippen LogP contribution is -2.11. The molecule has 0 aliphatic rings. The van der Waals surface area contributed by atoms with Crippen molar-refractivity contribution in [2.24, 2.45) is 0 Å². The highest BCUT2D eigenvalue weighted by Gasteiger charge is 2.15. The summed E-state index contributed by atoms with van der Waals surface area (Å²) < 4.78 is 33.4. The zero-order valence-corrected chi connectivity index (χ0v) is 15.3. The van der Waals surface area contributed by atoms with Crippen molar-refractivity contribution < 1.29 is 13.5 Å². The SMILES string of the molecule is Cc1ccc(Oc2ccc(-c3c(C)[nH]c4cc(F)cc(F)c4c3=O)cc2)cc1. The van der Waals surface area contributed by atoms with E-state index in [2.05, 4.69) is 4.98 Å². The van der Waals surface area contributed by atoms with Gasteiger partial charge in [0.2, 0.25) is 0 Å². The Morgan fingerprint density at radius 2 is 1.46 bits per heavy atom. The number of rotatable bonds is 3. The van der Waals surface area contributed by atoms with E-state index in [-0.39, 0.29) is 10.9 Å². The molecule has 3 nitrogen and oxygen atoms in total. The van der Waals surface area contributed by atoms with Gasteiger partial charge in [-0.1, -0.05) is 29.8 Å². The number of pyridine rings is 1. The summed E-state index contributed by atoms with van der Waals surface area (Å²) in [4.78, 5) is 15.8. The van der Waals surface area contributed by atoms with Crippen molar-refractivity contribution in [3.05, 3.63) is 93.8 Å². The van der Waals surface area contributed by atoms with Gasteiger partial charge in [-0.15, -0.1) is 0 Å². The van der Waals surface area contributed by atoms with Crippen molar-refractivity contribution in [2.75, 3.05) is 0 Å². The van der Waals surface area contributed by atoms with Crippen molar-refractivity contribution in [3.8, 4) is 22.6 Å². The van der Waals surface area contributed by atoms with Gasteiger partial charge in [0.25, 0.3) is 0 Å². The molecule has 0 atom stereocenters. The maximum absolute atomic E-state index is 14.2. The van der Waals surface area contributed by atoms with Crippen molar-refractivity contribution in [1.29, 1.82) is 0 Å². The number of ether oxygens (including phenoxy) is 1. The van der Waals surface area contributed by atoms with Crippen LogP contribution < -0.4 is 10.2 Å². The number of nitrogens with one attached hydrogen (secondary N) is 1. The number of hydrogen-bond donors (Lipinski definition) is 1. The molecule has 0 saturated heterocycles. The van der Waals surface area contributed by atoms with Gasteiger partial charge in [-0.05, 0) is 49.7 Å². The third kappa shape index (κ3) is 3.27. The van der Waals surface area contributed by atoms with Crippen LogP contribution in [0, 0.1) is 25.5 Å². The van der Waals surface area contributed by atoms with Crippen molar-refractivity contribution in [2.45, 2.75) is 13.8 Å². The van der Waals surface area contributed by atoms with Gasteiger partial charge in [0.15, 0.2) is 5.43 Å². The summed E-state index contributed by atoms with van der Waals surface area (Å²) in [6.45, 7) is 3.70. The fourth-order valence-corrected chi connectivity index (χ4v) is 3.24. The van der Waals surface area contributed by atoms with E-state index in [0.29, 0.717) is 28.3 Å². The minimum Gasteiger partial charge on any atom is -0.457 e. The lowest BCUT2D eigenvalue weighted by molar-refractivity contribution is 0.482. The number of H-pyrrole nitrogens is 1. The summed E-state index contributed by atoms with van der Waals surface area (Å²) in [5.41, 5.74) is 2.31. The topological polar surface area (TPSA) is 42.1 Å². The van der Waals surface area contributed by atoms with Crippen LogP contribution in [0.5, 0.6) is 11.5 Å². The predicted octanol–water partition coefficient (Wildman–Crippen LogP) is 5.88. The highest BCUT2D eigenvalue weighted by atomic mass is 19.1. The summed E-state index contributed by atoms with van der Waals surface area (Å²) in [7, 11) is 0. The number of halogens is 2. The third-order valence-electron chi connectivity index (χ3n) is 4.61. The van der Waals surface area contributed by atoms with E-state index < -0.39 is 17.1 Å². The number of hydrogen-bond acceptors (Lipinski definition) is 2. The maximum atomic E-state index is 14.2. The van der Waals surface area contributed by atoms with Gasteiger partial charge in [0, 0.05) is 17.3 Å². The van der Waals surface area contributed by atoms with E-state index in [0.717, 1.165) is 17.7 Å². The highest BCUT2D eigenvalue weighted by molar-refractivity contribution is 5.85. The molecule has 0 radical (unpaired) electrons. The summed E-state index contributed by atoms with van der Waals surface area (Å²) in [5, 5.41) is -0.151. The first-order valence-corrected chi connectivity index (χ1v) is 8.79. The minimum atomic E-state index is -0.878. The second-order valence-corrected chi connectivity index (χ2v) is 6.70. The Morgan fingerprint density at radius 1 is 0.857 bits per heavy atom. The zero-order valence-electron chi connectivity index (χ0n) is 15.3. The molecule has 0 aliphatic carbocycles. The molecule has 0 aliphatic heterocycles. The van der Waals surface area contributed by atoms with Gasteiger partial charge in [0.05, 0.1) is 10.9 Å². The van der Waals surface area contributed by atoms with Gasteiger partial charge < -0.3 is 9.72 Å². The van der Waals surface area contributed by atoms with E-state index in [1.165, 1.54) is 0 Å². The van der Waals surface area contributed by atoms with Crippen LogP contribution in [0.2, 0.25) is 0 Å². The Kier molecular flexibility index (Phi) is 4.43. The lowest BCUT2D eigenvalue weighted by atomic mass is 10.0. The molecule has 0 unspecified atom stereocenters. The molecule has 140 valence electrons. The molecule has 28 heavy (non-hydrogen) atoms. The minimum absolute atomic E-state index is 0.142. The molecule has 5 heteroatoms. The van der Waals surface area contributed by atoms with Crippen LogP contribution in [0.4, 0.5) is 8.78 Å². The lowest BCUT2D eigenvalue weighted by Gasteiger charge is -2.10. The van der Waals surface area contributed by atoms with Crippen LogP contribution in [0.1, 0.15) is 11.3 Å². The molecule has 4 aromatic rings. The molecule has 1 aromatic heterocycles. The van der Waals surface area contributed by atoms with Crippen molar-refractivity contribution in [3.63, 3.8) is 0 Å². The first kappa shape index (κ1) is 17.9. The van der Waals surface area contributed by atoms with Gasteiger partial charge in [0.1, 0.15) is 23.1 Å². The molecule has 0 amide bonds. The van der Waals surface area contributed by atoms with E-state index in [1.54, 1.807) is 31.2 Å². The Labute approximate surface area is 160 Å². The number of aromatic amines is 1. The van der Waals surface area contributed by atoms with Crippen LogP contribution in [-0.2, 0) is 0 Å². The smallest absolute Gasteiger partial charge is 0.200 e. The quantitative estimate of drug-likeness (QED) is 0.484. The molecule has 0 saturated carbocycles. The van der Waals surface area contributed by atoms with Crippen molar-refractivity contribution >= 4 is 10.9 Å². The molecular weight excluding hydrogens is 360 g/mol. The average Bonchev–Trinajstić information content (AvgIpc) is 2.64. The Bertz CT molecular complexity index is 1230. The first-order chi connectivity index (χ1) is 13.4. The normalized spacial score (nSPS) is 11.0.